The molecule has 0 aromatic heterocycles. The molecule has 1 fully saturated rings. The lowest BCUT2D eigenvalue weighted by Gasteiger charge is -2.34. The van der Waals surface area contributed by atoms with E-state index in [1.54, 1.807) is 0 Å². The molecule has 3 atom stereocenters. The molecule has 1 saturated carbocycles. The summed E-state index contributed by atoms with van der Waals surface area (Å²) in [4.78, 5) is 26.6. The molecular formula is C10H14N2O3. The minimum absolute atomic E-state index is 0.000324. The van der Waals surface area contributed by atoms with Gasteiger partial charge in [0.15, 0.2) is 0 Å². The third-order valence-electron chi connectivity index (χ3n) is 3.06. The second kappa shape index (κ2) is 4.00. The van der Waals surface area contributed by atoms with Gasteiger partial charge in [-0.05, 0) is 19.3 Å². The Kier molecular flexibility index (Phi) is 2.70. The van der Waals surface area contributed by atoms with E-state index in [2.05, 4.69) is 10.3 Å². The van der Waals surface area contributed by atoms with Crippen LogP contribution >= 0.6 is 0 Å². The van der Waals surface area contributed by atoms with E-state index in [9.17, 15) is 9.59 Å². The summed E-state index contributed by atoms with van der Waals surface area (Å²) < 4.78 is 4.71. The number of esters is 1. The van der Waals surface area contributed by atoms with Gasteiger partial charge in [0.05, 0.1) is 31.3 Å². The number of aliphatic imine (C=N–C) groups is 1. The zero-order valence-electron chi connectivity index (χ0n) is 8.60. The van der Waals surface area contributed by atoms with Gasteiger partial charge in [0.2, 0.25) is 0 Å². The lowest BCUT2D eigenvalue weighted by atomic mass is 9.82. The van der Waals surface area contributed by atoms with Crippen molar-refractivity contribution in [2.75, 3.05) is 7.11 Å². The van der Waals surface area contributed by atoms with Crippen molar-refractivity contribution in [1.29, 1.82) is 0 Å². The van der Waals surface area contributed by atoms with E-state index in [4.69, 9.17) is 4.74 Å². The first-order valence-corrected chi connectivity index (χ1v) is 5.12. The predicted molar refractivity (Wildman–Crippen MR) is 53.6 cm³/mol. The molecule has 1 aliphatic heterocycles. The highest BCUT2D eigenvalue weighted by atomic mass is 16.5. The molecule has 1 heterocycles. The maximum absolute atomic E-state index is 11.3. The van der Waals surface area contributed by atoms with E-state index < -0.39 is 0 Å². The summed E-state index contributed by atoms with van der Waals surface area (Å²) in [6, 6.07) is 0.143. The number of carbonyl (C=O) groups excluding carboxylic acids is 2. The molecule has 82 valence electrons. The molecule has 1 amide bonds. The Morgan fingerprint density at radius 1 is 1.60 bits per heavy atom. The van der Waals surface area contributed by atoms with Gasteiger partial charge >= 0.3 is 5.97 Å². The van der Waals surface area contributed by atoms with Crippen LogP contribution in [0.1, 0.15) is 19.3 Å². The lowest BCUT2D eigenvalue weighted by Crippen LogP contribution is -2.51. The summed E-state index contributed by atoms with van der Waals surface area (Å²) in [5.41, 5.74) is 0. The first kappa shape index (κ1) is 10.1. The van der Waals surface area contributed by atoms with Crippen molar-refractivity contribution >= 4 is 18.1 Å². The lowest BCUT2D eigenvalue weighted by molar-refractivity contribution is -0.147. The van der Waals surface area contributed by atoms with Crippen LogP contribution in [0, 0.1) is 5.92 Å². The molecule has 15 heavy (non-hydrogen) atoms. The number of hydrogen-bond donors (Lipinski definition) is 1. The van der Waals surface area contributed by atoms with Crippen molar-refractivity contribution in [1.82, 2.24) is 5.32 Å². The van der Waals surface area contributed by atoms with Gasteiger partial charge in [-0.15, -0.1) is 0 Å². The van der Waals surface area contributed by atoms with Crippen molar-refractivity contribution in [2.24, 2.45) is 10.9 Å². The third kappa shape index (κ3) is 2.00. The first-order chi connectivity index (χ1) is 7.20. The summed E-state index contributed by atoms with van der Waals surface area (Å²) in [5.74, 6) is -0.441. The van der Waals surface area contributed by atoms with Crippen LogP contribution in [0.2, 0.25) is 0 Å². The van der Waals surface area contributed by atoms with Crippen molar-refractivity contribution < 1.29 is 14.3 Å². The van der Waals surface area contributed by atoms with Gasteiger partial charge in [-0.3, -0.25) is 14.6 Å². The molecule has 1 N–H and O–H groups in total. The Bertz CT molecular complexity index is 314. The number of nitrogens with zero attached hydrogens (tertiary/aromatic N) is 1. The molecule has 0 saturated heterocycles. The van der Waals surface area contributed by atoms with Gasteiger partial charge < -0.3 is 10.1 Å². The fourth-order valence-corrected chi connectivity index (χ4v) is 2.25. The Morgan fingerprint density at radius 2 is 2.40 bits per heavy atom. The molecule has 0 aromatic carbocycles. The highest BCUT2D eigenvalue weighted by Crippen LogP contribution is 2.28. The average molecular weight is 210 g/mol. The third-order valence-corrected chi connectivity index (χ3v) is 3.06. The fraction of sp³-hybridized carbons (Fsp3) is 0.700. The van der Waals surface area contributed by atoms with Gasteiger partial charge in [-0.25, -0.2) is 0 Å². The molecule has 5 nitrogen and oxygen atoms in total. The maximum Gasteiger partial charge on any atom is 0.308 e. The second-order valence-corrected chi connectivity index (χ2v) is 3.99. The second-order valence-electron chi connectivity index (χ2n) is 3.99. The fourth-order valence-electron chi connectivity index (χ4n) is 2.25. The number of fused-ring (bicyclic) bond motifs is 1. The first-order valence-electron chi connectivity index (χ1n) is 5.12. The van der Waals surface area contributed by atoms with E-state index in [0.717, 1.165) is 12.8 Å². The largest absolute Gasteiger partial charge is 0.469 e. The van der Waals surface area contributed by atoms with Crippen molar-refractivity contribution in [3.8, 4) is 0 Å². The van der Waals surface area contributed by atoms with Crippen LogP contribution in [-0.4, -0.2) is 37.3 Å². The molecule has 3 unspecified atom stereocenters. The van der Waals surface area contributed by atoms with E-state index >= 15 is 0 Å². The number of carbonyl (C=O) groups is 2. The van der Waals surface area contributed by atoms with E-state index in [-0.39, 0.29) is 29.9 Å². The molecule has 2 aliphatic rings. The Balaban J connectivity index is 2.02. The monoisotopic (exact) mass is 210 g/mol. The molecule has 0 aromatic rings. The highest BCUT2D eigenvalue weighted by molar-refractivity contribution is 6.26. The summed E-state index contributed by atoms with van der Waals surface area (Å²) in [7, 11) is 1.39. The van der Waals surface area contributed by atoms with Gasteiger partial charge in [0.25, 0.3) is 5.91 Å². The number of nitrogens with one attached hydrogen (secondary N) is 1. The summed E-state index contributed by atoms with van der Waals surface area (Å²) in [6.07, 6.45) is 3.60. The molecule has 2 rings (SSSR count). The van der Waals surface area contributed by atoms with Crippen LogP contribution in [-0.2, 0) is 14.3 Å². The number of methoxy groups -OCH3 is 1. The summed E-state index contributed by atoms with van der Waals surface area (Å²) in [6.45, 7) is 0. The number of rotatable bonds is 1. The molecular weight excluding hydrogens is 196 g/mol. The summed E-state index contributed by atoms with van der Waals surface area (Å²) in [5, 5.41) is 2.83. The van der Waals surface area contributed by atoms with Gasteiger partial charge in [0.1, 0.15) is 0 Å². The van der Waals surface area contributed by atoms with Gasteiger partial charge in [-0.2, -0.15) is 0 Å². The summed E-state index contributed by atoms with van der Waals surface area (Å²) >= 11 is 0. The van der Waals surface area contributed by atoms with Crippen LogP contribution in [0.25, 0.3) is 0 Å². The van der Waals surface area contributed by atoms with Crippen molar-refractivity contribution in [3.05, 3.63) is 0 Å². The van der Waals surface area contributed by atoms with Crippen LogP contribution in [0.4, 0.5) is 0 Å². The van der Waals surface area contributed by atoms with Crippen LogP contribution in [0.15, 0.2) is 4.99 Å². The molecule has 0 radical (unpaired) electrons. The zero-order valence-corrected chi connectivity index (χ0v) is 8.60. The predicted octanol–water partition coefficient (Wildman–Crippen LogP) is -0.103. The molecule has 1 aliphatic carbocycles. The van der Waals surface area contributed by atoms with Crippen LogP contribution in [0.3, 0.4) is 0 Å². The Morgan fingerprint density at radius 3 is 3.13 bits per heavy atom. The normalized spacial score (nSPS) is 34.2. The van der Waals surface area contributed by atoms with Gasteiger partial charge in [-0.1, -0.05) is 0 Å². The Hall–Kier alpha value is -1.39. The molecule has 5 heteroatoms. The molecule has 0 bridgehead atoms. The molecule has 0 spiro atoms. The van der Waals surface area contributed by atoms with Crippen LogP contribution in [0.5, 0.6) is 0 Å². The number of amides is 1. The minimum atomic E-state index is -0.183. The topological polar surface area (TPSA) is 67.8 Å². The standard InChI is InChI=1S/C10H14N2O3/c1-15-10(14)6-2-3-7-8(4-6)12-9(13)5-11-7/h5-8H,2-4H2,1H3,(H,12,13). The number of ether oxygens (including phenoxy) is 1. The quantitative estimate of drug-likeness (QED) is 0.614. The average Bonchev–Trinajstić information content (AvgIpc) is 2.27. The highest BCUT2D eigenvalue weighted by Gasteiger charge is 2.36. The zero-order chi connectivity index (χ0) is 10.8. The Labute approximate surface area is 87.9 Å². The van der Waals surface area contributed by atoms with Crippen LogP contribution < -0.4 is 5.32 Å². The maximum atomic E-state index is 11.3. The van der Waals surface area contributed by atoms with E-state index in [0.29, 0.717) is 6.42 Å². The van der Waals surface area contributed by atoms with E-state index in [1.807, 2.05) is 0 Å². The van der Waals surface area contributed by atoms with Crippen molar-refractivity contribution in [2.45, 2.75) is 31.3 Å². The van der Waals surface area contributed by atoms with Gasteiger partial charge in [0, 0.05) is 0 Å². The van der Waals surface area contributed by atoms with Crippen molar-refractivity contribution in [3.63, 3.8) is 0 Å². The minimum Gasteiger partial charge on any atom is -0.469 e. The number of hydrogen-bond acceptors (Lipinski definition) is 4. The SMILES string of the molecule is COC(=O)C1CCC2N=CC(=O)NC2C1. The smallest absolute Gasteiger partial charge is 0.308 e. The van der Waals surface area contributed by atoms with E-state index in [1.165, 1.54) is 13.3 Å².